The van der Waals surface area contributed by atoms with E-state index in [9.17, 15) is 9.18 Å². The number of pyridine rings is 1. The Kier molecular flexibility index (Phi) is 2.99. The van der Waals surface area contributed by atoms with Crippen LogP contribution in [0.5, 0.6) is 0 Å². The SMILES string of the molecule is Cc1ccc(-c2cnc3c(c2)N(CC2CC2)C(=O)C3)cc1F. The first-order valence-electron chi connectivity index (χ1n) is 7.67. The highest BCUT2D eigenvalue weighted by molar-refractivity contribution is 6.01. The van der Waals surface area contributed by atoms with E-state index in [1.54, 1.807) is 19.2 Å². The molecule has 0 atom stereocenters. The molecule has 0 radical (unpaired) electrons. The van der Waals surface area contributed by atoms with Crippen LogP contribution in [0, 0.1) is 18.7 Å². The molecule has 0 unspecified atom stereocenters. The van der Waals surface area contributed by atoms with Crippen LogP contribution < -0.4 is 4.90 Å². The van der Waals surface area contributed by atoms with Gasteiger partial charge in [0, 0.05) is 18.3 Å². The van der Waals surface area contributed by atoms with E-state index >= 15 is 0 Å². The molecule has 2 aliphatic rings. The molecule has 2 aromatic rings. The molecule has 1 aliphatic carbocycles. The van der Waals surface area contributed by atoms with Gasteiger partial charge < -0.3 is 4.90 Å². The number of halogens is 1. The Morgan fingerprint density at radius 1 is 1.27 bits per heavy atom. The van der Waals surface area contributed by atoms with E-state index in [0.29, 0.717) is 17.9 Å². The van der Waals surface area contributed by atoms with Crippen LogP contribution in [-0.4, -0.2) is 17.4 Å². The second-order valence-corrected chi connectivity index (χ2v) is 6.28. The second kappa shape index (κ2) is 4.90. The van der Waals surface area contributed by atoms with Crippen molar-refractivity contribution in [2.24, 2.45) is 5.92 Å². The Morgan fingerprint density at radius 2 is 2.09 bits per heavy atom. The molecule has 0 bridgehead atoms. The van der Waals surface area contributed by atoms with Crippen molar-refractivity contribution in [3.05, 3.63) is 47.5 Å². The van der Waals surface area contributed by atoms with Gasteiger partial charge in [0.2, 0.25) is 5.91 Å². The van der Waals surface area contributed by atoms with Crippen LogP contribution in [0.1, 0.15) is 24.1 Å². The van der Waals surface area contributed by atoms with Crippen molar-refractivity contribution >= 4 is 11.6 Å². The zero-order chi connectivity index (χ0) is 15.3. The molecule has 1 saturated carbocycles. The van der Waals surface area contributed by atoms with E-state index < -0.39 is 0 Å². The lowest BCUT2D eigenvalue weighted by molar-refractivity contribution is -0.117. The van der Waals surface area contributed by atoms with Gasteiger partial charge in [-0.2, -0.15) is 0 Å². The monoisotopic (exact) mass is 296 g/mol. The number of anilines is 1. The third-order valence-electron chi connectivity index (χ3n) is 4.50. The summed E-state index contributed by atoms with van der Waals surface area (Å²) >= 11 is 0. The Bertz CT molecular complexity index is 768. The number of hydrogen-bond donors (Lipinski definition) is 0. The number of carbonyl (C=O) groups is 1. The van der Waals surface area contributed by atoms with Crippen molar-refractivity contribution in [2.45, 2.75) is 26.2 Å². The molecule has 0 spiro atoms. The van der Waals surface area contributed by atoms with Gasteiger partial charge in [-0.15, -0.1) is 0 Å². The van der Waals surface area contributed by atoms with Crippen LogP contribution >= 0.6 is 0 Å². The molecule has 112 valence electrons. The molecule has 22 heavy (non-hydrogen) atoms. The first-order valence-corrected chi connectivity index (χ1v) is 7.67. The van der Waals surface area contributed by atoms with Gasteiger partial charge in [0.15, 0.2) is 0 Å². The minimum absolute atomic E-state index is 0.127. The van der Waals surface area contributed by atoms with E-state index in [1.807, 2.05) is 17.0 Å². The van der Waals surface area contributed by atoms with Crippen LogP contribution in [0.15, 0.2) is 30.5 Å². The number of fused-ring (bicyclic) bond motifs is 1. The lowest BCUT2D eigenvalue weighted by atomic mass is 10.0. The highest BCUT2D eigenvalue weighted by Crippen LogP contribution is 2.37. The summed E-state index contributed by atoms with van der Waals surface area (Å²) in [5.41, 5.74) is 4.01. The van der Waals surface area contributed by atoms with E-state index in [0.717, 1.165) is 29.1 Å². The number of rotatable bonds is 3. The van der Waals surface area contributed by atoms with Gasteiger partial charge in [-0.25, -0.2) is 4.39 Å². The molecule has 0 N–H and O–H groups in total. The minimum atomic E-state index is -0.219. The summed E-state index contributed by atoms with van der Waals surface area (Å²) in [6.45, 7) is 2.54. The smallest absolute Gasteiger partial charge is 0.233 e. The number of nitrogens with zero attached hydrogens (tertiary/aromatic N) is 2. The third-order valence-corrected chi connectivity index (χ3v) is 4.50. The summed E-state index contributed by atoms with van der Waals surface area (Å²) in [6, 6.07) is 7.16. The number of amides is 1. The Balaban J connectivity index is 1.72. The van der Waals surface area contributed by atoms with Gasteiger partial charge in [0.1, 0.15) is 5.82 Å². The molecule has 1 fully saturated rings. The Morgan fingerprint density at radius 3 is 2.82 bits per heavy atom. The van der Waals surface area contributed by atoms with Crippen molar-refractivity contribution in [3.63, 3.8) is 0 Å². The molecule has 1 amide bonds. The van der Waals surface area contributed by atoms with Gasteiger partial charge in [-0.3, -0.25) is 9.78 Å². The molecule has 0 saturated heterocycles. The maximum atomic E-state index is 13.8. The lowest BCUT2D eigenvalue weighted by Gasteiger charge is -2.17. The minimum Gasteiger partial charge on any atom is -0.310 e. The number of aryl methyl sites for hydroxylation is 1. The summed E-state index contributed by atoms with van der Waals surface area (Å²) < 4.78 is 13.8. The summed E-state index contributed by atoms with van der Waals surface area (Å²) in [6.07, 6.45) is 4.52. The van der Waals surface area contributed by atoms with E-state index in [-0.39, 0.29) is 11.7 Å². The average molecular weight is 296 g/mol. The average Bonchev–Trinajstić information content (AvgIpc) is 3.27. The zero-order valence-electron chi connectivity index (χ0n) is 12.5. The fraction of sp³-hybridized carbons (Fsp3) is 0.333. The zero-order valence-corrected chi connectivity index (χ0v) is 12.5. The fourth-order valence-electron chi connectivity index (χ4n) is 2.91. The number of benzene rings is 1. The first kappa shape index (κ1) is 13.4. The highest BCUT2D eigenvalue weighted by atomic mass is 19.1. The van der Waals surface area contributed by atoms with Crippen LogP contribution in [0.3, 0.4) is 0 Å². The molecule has 4 rings (SSSR count). The van der Waals surface area contributed by atoms with Crippen molar-refractivity contribution < 1.29 is 9.18 Å². The molecule has 4 heteroatoms. The normalized spacial score (nSPS) is 17.0. The number of carbonyl (C=O) groups excluding carboxylic acids is 1. The number of aromatic nitrogens is 1. The summed E-state index contributed by atoms with van der Waals surface area (Å²) in [5.74, 6) is 0.543. The van der Waals surface area contributed by atoms with Crippen LogP contribution in [0.2, 0.25) is 0 Å². The largest absolute Gasteiger partial charge is 0.310 e. The van der Waals surface area contributed by atoms with Crippen molar-refractivity contribution in [2.75, 3.05) is 11.4 Å². The standard InChI is InChI=1S/C18H17FN2O/c1-11-2-5-13(6-15(11)19)14-7-17-16(20-9-14)8-18(22)21(17)10-12-3-4-12/h2,5-7,9,12H,3-4,8,10H2,1H3. The van der Waals surface area contributed by atoms with Crippen molar-refractivity contribution in [1.82, 2.24) is 4.98 Å². The van der Waals surface area contributed by atoms with Crippen LogP contribution in [0.25, 0.3) is 11.1 Å². The lowest BCUT2D eigenvalue weighted by Crippen LogP contribution is -2.28. The summed E-state index contributed by atoms with van der Waals surface area (Å²) in [4.78, 5) is 18.5. The predicted molar refractivity (Wildman–Crippen MR) is 83.1 cm³/mol. The molecule has 3 nitrogen and oxygen atoms in total. The van der Waals surface area contributed by atoms with Crippen LogP contribution in [0.4, 0.5) is 10.1 Å². The van der Waals surface area contributed by atoms with Crippen molar-refractivity contribution in [3.8, 4) is 11.1 Å². The quantitative estimate of drug-likeness (QED) is 0.868. The molecule has 1 aromatic heterocycles. The van der Waals surface area contributed by atoms with Gasteiger partial charge in [-0.1, -0.05) is 12.1 Å². The molecule has 1 aliphatic heterocycles. The highest BCUT2D eigenvalue weighted by Gasteiger charge is 2.33. The Hall–Kier alpha value is -2.23. The van der Waals surface area contributed by atoms with Gasteiger partial charge in [-0.05, 0) is 48.9 Å². The van der Waals surface area contributed by atoms with Crippen LogP contribution in [-0.2, 0) is 11.2 Å². The summed E-state index contributed by atoms with van der Waals surface area (Å²) in [7, 11) is 0. The van der Waals surface area contributed by atoms with Gasteiger partial charge in [0.25, 0.3) is 0 Å². The van der Waals surface area contributed by atoms with E-state index in [2.05, 4.69) is 4.98 Å². The third kappa shape index (κ3) is 2.28. The Labute approximate surface area is 128 Å². The fourth-order valence-corrected chi connectivity index (χ4v) is 2.91. The predicted octanol–water partition coefficient (Wildman–Crippen LogP) is 3.50. The van der Waals surface area contributed by atoms with Crippen molar-refractivity contribution in [1.29, 1.82) is 0 Å². The maximum Gasteiger partial charge on any atom is 0.233 e. The van der Waals surface area contributed by atoms with E-state index in [1.165, 1.54) is 18.9 Å². The molecular formula is C18H17FN2O. The summed E-state index contributed by atoms with van der Waals surface area (Å²) in [5, 5.41) is 0. The first-order chi connectivity index (χ1) is 10.6. The maximum absolute atomic E-state index is 13.8. The molecule has 1 aromatic carbocycles. The molecule has 2 heterocycles. The molecular weight excluding hydrogens is 279 g/mol. The van der Waals surface area contributed by atoms with Gasteiger partial charge >= 0.3 is 0 Å². The topological polar surface area (TPSA) is 33.2 Å². The number of hydrogen-bond acceptors (Lipinski definition) is 2. The van der Waals surface area contributed by atoms with Gasteiger partial charge in [0.05, 0.1) is 17.8 Å². The van der Waals surface area contributed by atoms with E-state index in [4.69, 9.17) is 0 Å². The second-order valence-electron chi connectivity index (χ2n) is 6.28.